The molecule has 0 aliphatic carbocycles. The normalized spacial score (nSPS) is 11.8. The molecule has 4 heteroatoms. The zero-order valence-corrected chi connectivity index (χ0v) is 12.4. The molecule has 0 saturated carbocycles. The summed E-state index contributed by atoms with van der Waals surface area (Å²) in [5.41, 5.74) is 1.20. The van der Waals surface area contributed by atoms with Crippen LogP contribution in [0.4, 0.5) is 0 Å². The van der Waals surface area contributed by atoms with Gasteiger partial charge in [0.25, 0.3) is 0 Å². The summed E-state index contributed by atoms with van der Waals surface area (Å²) in [5.74, 6) is 0.867. The highest BCUT2D eigenvalue weighted by Crippen LogP contribution is 2.14. The van der Waals surface area contributed by atoms with E-state index in [2.05, 4.69) is 24.4 Å². The number of rotatable bonds is 10. The summed E-state index contributed by atoms with van der Waals surface area (Å²) in [6, 6.07) is 10.6. The van der Waals surface area contributed by atoms with Crippen LogP contribution in [0, 0.1) is 11.3 Å². The molecule has 0 aromatic heterocycles. The van der Waals surface area contributed by atoms with Gasteiger partial charge in [-0.3, -0.25) is 0 Å². The Hall–Kier alpha value is -1.57. The molecule has 1 N–H and O–H groups in total. The molecule has 0 bridgehead atoms. The number of hydrogen-bond acceptors (Lipinski definition) is 4. The molecule has 1 aromatic rings. The minimum absolute atomic E-state index is 0.426. The van der Waals surface area contributed by atoms with Gasteiger partial charge in [0.15, 0.2) is 0 Å². The summed E-state index contributed by atoms with van der Waals surface area (Å²) in [7, 11) is 1.72. The second kappa shape index (κ2) is 10.2. The second-order valence-electron chi connectivity index (χ2n) is 4.82. The fraction of sp³-hybridized carbons (Fsp3) is 0.562. The highest BCUT2D eigenvalue weighted by molar-refractivity contribution is 5.28. The molecule has 0 aliphatic heterocycles. The number of ether oxygens (including phenoxy) is 2. The van der Waals surface area contributed by atoms with Crippen LogP contribution in [-0.2, 0) is 11.3 Å². The van der Waals surface area contributed by atoms with Gasteiger partial charge in [-0.2, -0.15) is 5.26 Å². The van der Waals surface area contributed by atoms with Gasteiger partial charge in [0.05, 0.1) is 12.7 Å². The molecule has 1 unspecified atom stereocenters. The van der Waals surface area contributed by atoms with E-state index < -0.39 is 0 Å². The third kappa shape index (κ3) is 7.13. The smallest absolute Gasteiger partial charge is 0.119 e. The topological polar surface area (TPSA) is 54.3 Å². The SMILES string of the molecule is COCCC(C)NCc1cccc(OCCCC#N)c1. The molecule has 0 heterocycles. The fourth-order valence-corrected chi connectivity index (χ4v) is 1.78. The monoisotopic (exact) mass is 276 g/mol. The first-order valence-electron chi connectivity index (χ1n) is 7.07. The van der Waals surface area contributed by atoms with Crippen LogP contribution in [0.25, 0.3) is 0 Å². The van der Waals surface area contributed by atoms with Crippen molar-refractivity contribution in [3.8, 4) is 11.8 Å². The molecular formula is C16H24N2O2. The number of nitrogens with one attached hydrogen (secondary N) is 1. The zero-order valence-electron chi connectivity index (χ0n) is 12.4. The first-order chi connectivity index (χ1) is 9.76. The minimum Gasteiger partial charge on any atom is -0.494 e. The Balaban J connectivity index is 2.33. The molecular weight excluding hydrogens is 252 g/mol. The van der Waals surface area contributed by atoms with E-state index in [0.717, 1.165) is 31.7 Å². The quantitative estimate of drug-likeness (QED) is 0.668. The molecule has 1 atom stereocenters. The number of nitriles is 1. The van der Waals surface area contributed by atoms with Crippen molar-refractivity contribution >= 4 is 0 Å². The van der Waals surface area contributed by atoms with Crippen LogP contribution < -0.4 is 10.1 Å². The Bertz CT molecular complexity index is 415. The lowest BCUT2D eigenvalue weighted by Gasteiger charge is -2.14. The van der Waals surface area contributed by atoms with Gasteiger partial charge >= 0.3 is 0 Å². The van der Waals surface area contributed by atoms with Gasteiger partial charge in [0.2, 0.25) is 0 Å². The van der Waals surface area contributed by atoms with Gasteiger partial charge < -0.3 is 14.8 Å². The van der Waals surface area contributed by atoms with Crippen molar-refractivity contribution in [1.82, 2.24) is 5.32 Å². The Morgan fingerprint density at radius 1 is 1.35 bits per heavy atom. The van der Waals surface area contributed by atoms with Crippen molar-refractivity contribution in [3.05, 3.63) is 29.8 Å². The Morgan fingerprint density at radius 3 is 2.95 bits per heavy atom. The summed E-state index contributed by atoms with van der Waals surface area (Å²) >= 11 is 0. The van der Waals surface area contributed by atoms with Crippen molar-refractivity contribution < 1.29 is 9.47 Å². The van der Waals surface area contributed by atoms with Crippen molar-refractivity contribution in [2.24, 2.45) is 0 Å². The van der Waals surface area contributed by atoms with Gasteiger partial charge in [-0.15, -0.1) is 0 Å². The van der Waals surface area contributed by atoms with Gasteiger partial charge in [0.1, 0.15) is 5.75 Å². The van der Waals surface area contributed by atoms with E-state index in [-0.39, 0.29) is 0 Å². The van der Waals surface area contributed by atoms with Crippen molar-refractivity contribution in [2.45, 2.75) is 38.8 Å². The van der Waals surface area contributed by atoms with Gasteiger partial charge in [-0.25, -0.2) is 0 Å². The molecule has 0 radical (unpaired) electrons. The van der Waals surface area contributed by atoms with Crippen LogP contribution in [0.2, 0.25) is 0 Å². The van der Waals surface area contributed by atoms with E-state index in [1.165, 1.54) is 5.56 Å². The van der Waals surface area contributed by atoms with E-state index in [1.54, 1.807) is 7.11 Å². The fourth-order valence-electron chi connectivity index (χ4n) is 1.78. The second-order valence-corrected chi connectivity index (χ2v) is 4.82. The molecule has 1 rings (SSSR count). The van der Waals surface area contributed by atoms with Gasteiger partial charge in [-0.1, -0.05) is 12.1 Å². The van der Waals surface area contributed by atoms with Crippen molar-refractivity contribution in [3.63, 3.8) is 0 Å². The number of nitrogens with zero attached hydrogens (tertiary/aromatic N) is 1. The number of hydrogen-bond donors (Lipinski definition) is 1. The molecule has 0 amide bonds. The molecule has 1 aromatic carbocycles. The molecule has 0 aliphatic rings. The summed E-state index contributed by atoms with van der Waals surface area (Å²) in [4.78, 5) is 0. The standard InChI is InChI=1S/C16H24N2O2/c1-14(8-11-19-2)18-13-15-6-5-7-16(12-15)20-10-4-3-9-17/h5-7,12,14,18H,3-4,8,10-11,13H2,1-2H3. The number of benzene rings is 1. The van der Waals surface area contributed by atoms with Crippen LogP contribution in [-0.4, -0.2) is 26.4 Å². The molecule has 0 spiro atoms. The predicted octanol–water partition coefficient (Wildman–Crippen LogP) is 2.88. The molecule has 0 fully saturated rings. The maximum atomic E-state index is 8.47. The zero-order chi connectivity index (χ0) is 14.6. The van der Waals surface area contributed by atoms with Crippen LogP contribution in [0.1, 0.15) is 31.7 Å². The van der Waals surface area contributed by atoms with E-state index in [0.29, 0.717) is 19.1 Å². The average molecular weight is 276 g/mol. The molecule has 20 heavy (non-hydrogen) atoms. The summed E-state index contributed by atoms with van der Waals surface area (Å²) in [6.45, 7) is 4.34. The van der Waals surface area contributed by atoms with Gasteiger partial charge in [0, 0.05) is 32.7 Å². The minimum atomic E-state index is 0.426. The first kappa shape index (κ1) is 16.5. The number of unbranched alkanes of at least 4 members (excludes halogenated alkanes) is 1. The third-order valence-corrected chi connectivity index (χ3v) is 3.01. The Labute approximate surface area is 121 Å². The van der Waals surface area contributed by atoms with Gasteiger partial charge in [-0.05, 0) is 37.5 Å². The lowest BCUT2D eigenvalue weighted by molar-refractivity contribution is 0.184. The lowest BCUT2D eigenvalue weighted by atomic mass is 10.2. The molecule has 4 nitrogen and oxygen atoms in total. The molecule has 0 saturated heterocycles. The van der Waals surface area contributed by atoms with E-state index in [1.807, 2.05) is 18.2 Å². The maximum Gasteiger partial charge on any atom is 0.119 e. The van der Waals surface area contributed by atoms with Crippen LogP contribution in [0.5, 0.6) is 5.75 Å². The van der Waals surface area contributed by atoms with E-state index >= 15 is 0 Å². The highest BCUT2D eigenvalue weighted by atomic mass is 16.5. The summed E-state index contributed by atoms with van der Waals surface area (Å²) < 4.78 is 10.7. The predicted molar refractivity (Wildman–Crippen MR) is 79.6 cm³/mol. The van der Waals surface area contributed by atoms with E-state index in [9.17, 15) is 0 Å². The van der Waals surface area contributed by atoms with Crippen LogP contribution in [0.15, 0.2) is 24.3 Å². The Kier molecular flexibility index (Phi) is 8.44. The molecule has 110 valence electrons. The summed E-state index contributed by atoms with van der Waals surface area (Å²) in [6.07, 6.45) is 2.31. The largest absolute Gasteiger partial charge is 0.494 e. The first-order valence-corrected chi connectivity index (χ1v) is 7.07. The van der Waals surface area contributed by atoms with Crippen molar-refractivity contribution in [2.75, 3.05) is 20.3 Å². The lowest BCUT2D eigenvalue weighted by Crippen LogP contribution is -2.26. The third-order valence-electron chi connectivity index (χ3n) is 3.01. The average Bonchev–Trinajstić information content (AvgIpc) is 2.48. The van der Waals surface area contributed by atoms with E-state index in [4.69, 9.17) is 14.7 Å². The maximum absolute atomic E-state index is 8.47. The summed E-state index contributed by atoms with van der Waals surface area (Å²) in [5, 5.41) is 11.9. The van der Waals surface area contributed by atoms with Crippen LogP contribution >= 0.6 is 0 Å². The van der Waals surface area contributed by atoms with Crippen LogP contribution in [0.3, 0.4) is 0 Å². The Morgan fingerprint density at radius 2 is 2.20 bits per heavy atom. The highest BCUT2D eigenvalue weighted by Gasteiger charge is 2.02. The number of methoxy groups -OCH3 is 1. The van der Waals surface area contributed by atoms with Crippen molar-refractivity contribution in [1.29, 1.82) is 5.26 Å².